The summed E-state index contributed by atoms with van der Waals surface area (Å²) in [5, 5.41) is 41.3. The van der Waals surface area contributed by atoms with Crippen molar-refractivity contribution in [1.82, 2.24) is 0 Å². The van der Waals surface area contributed by atoms with Crippen molar-refractivity contribution in [2.75, 3.05) is 0 Å². The molecular weight excluding hydrogens is 750 g/mol. The maximum atomic E-state index is 10.3. The van der Waals surface area contributed by atoms with Gasteiger partial charge in [-0.1, -0.05) is 107 Å². The maximum Gasteiger partial charge on any atom is 4.00 e. The number of aliphatic carboxylic acids is 4. The van der Waals surface area contributed by atoms with Gasteiger partial charge >= 0.3 is 31.1 Å². The van der Waals surface area contributed by atoms with E-state index in [1.165, 1.54) is 0 Å². The Balaban J connectivity index is -0.000000139. The monoisotopic (exact) mass is 810 g/mol. The van der Waals surface area contributed by atoms with Crippen LogP contribution in [0.1, 0.15) is 158 Å². The fourth-order valence-corrected chi connectivity index (χ4v) is 3.76. The smallest absolute Gasteiger partial charge is 0.550 e. The molecule has 0 saturated heterocycles. The number of hydrogen-bond acceptors (Lipinski definition) is 8. The third-order valence-corrected chi connectivity index (χ3v) is 6.93. The first kappa shape index (κ1) is 49.6. The molecule has 9 heteroatoms. The first-order valence-corrected chi connectivity index (χ1v) is 15.7. The van der Waals surface area contributed by atoms with Gasteiger partial charge in [0.15, 0.2) is 0 Å². The van der Waals surface area contributed by atoms with Crippen molar-refractivity contribution in [2.24, 2.45) is 23.7 Å². The van der Waals surface area contributed by atoms with Crippen LogP contribution in [0.2, 0.25) is 0 Å². The Morgan fingerprint density at radius 1 is 0.390 bits per heavy atom. The molecule has 240 valence electrons. The molecule has 8 nitrogen and oxygen atoms in total. The van der Waals surface area contributed by atoms with Crippen molar-refractivity contribution < 1.29 is 70.7 Å². The largest absolute Gasteiger partial charge is 4.00 e. The Bertz CT molecular complexity index is 509. The zero-order chi connectivity index (χ0) is 31.9. The number of carboxylic acid groups (broad SMARTS) is 4. The van der Waals surface area contributed by atoms with Gasteiger partial charge in [-0.25, -0.2) is 0 Å². The molecular formula is C32H60O8U. The van der Waals surface area contributed by atoms with Gasteiger partial charge in [0.2, 0.25) is 0 Å². The minimum absolute atomic E-state index is 0. The SMILES string of the molecule is CCCCC(CC)C(=O)[O-].CCCCC(CC)C(=O)[O-].CCCCC(CC)C(=O)[O-].CCCCC(CC)C(=O)[O-].[U+4]. The van der Waals surface area contributed by atoms with Gasteiger partial charge in [0, 0.05) is 23.9 Å². The summed E-state index contributed by atoms with van der Waals surface area (Å²) in [5.74, 6) is -4.46. The average Bonchev–Trinajstić information content (AvgIpc) is 2.91. The molecule has 0 fully saturated rings. The van der Waals surface area contributed by atoms with Crippen molar-refractivity contribution in [1.29, 1.82) is 0 Å². The summed E-state index contributed by atoms with van der Waals surface area (Å²) in [6, 6.07) is 0. The average molecular weight is 811 g/mol. The van der Waals surface area contributed by atoms with Gasteiger partial charge in [-0.2, -0.15) is 0 Å². The molecule has 41 heavy (non-hydrogen) atoms. The summed E-state index contributed by atoms with van der Waals surface area (Å²) in [5.41, 5.74) is 0. The normalized spacial score (nSPS) is 12.7. The molecule has 0 heterocycles. The molecule has 0 aliphatic rings. The van der Waals surface area contributed by atoms with Gasteiger partial charge in [0.05, 0.1) is 0 Å². The molecule has 0 aromatic carbocycles. The summed E-state index contributed by atoms with van der Waals surface area (Å²) in [6.45, 7) is 15.8. The van der Waals surface area contributed by atoms with E-state index < -0.39 is 23.9 Å². The fourth-order valence-electron chi connectivity index (χ4n) is 3.76. The Labute approximate surface area is 275 Å². The molecule has 4 unspecified atom stereocenters. The Hall–Kier alpha value is -1.07. The van der Waals surface area contributed by atoms with Gasteiger partial charge in [-0.05, 0) is 75.0 Å². The maximum absolute atomic E-state index is 10.3. The molecule has 0 spiro atoms. The summed E-state index contributed by atoms with van der Waals surface area (Å²) < 4.78 is 0. The minimum atomic E-state index is -0.893. The van der Waals surface area contributed by atoms with Crippen molar-refractivity contribution in [3.63, 3.8) is 0 Å². The first-order valence-electron chi connectivity index (χ1n) is 15.7. The van der Waals surface area contributed by atoms with Crippen LogP contribution in [-0.2, 0) is 19.2 Å². The van der Waals surface area contributed by atoms with E-state index in [1.54, 1.807) is 0 Å². The molecule has 0 bridgehead atoms. The molecule has 0 N–H and O–H groups in total. The zero-order valence-corrected chi connectivity index (χ0v) is 31.6. The van der Waals surface area contributed by atoms with Crippen LogP contribution in [0.25, 0.3) is 0 Å². The molecule has 0 saturated carbocycles. The van der Waals surface area contributed by atoms with E-state index in [0.29, 0.717) is 25.7 Å². The first-order chi connectivity index (χ1) is 18.9. The molecule has 0 amide bonds. The standard InChI is InChI=1S/4C8H16O2.U/c4*1-3-5-6-7(4-2)8(9)10;/h4*7H,3-6H2,1-2H3,(H,9,10);/q;;;;+4/p-4. The number of carbonyl (C=O) groups excluding carboxylic acids is 4. The van der Waals surface area contributed by atoms with Gasteiger partial charge in [-0.3, -0.25) is 0 Å². The van der Waals surface area contributed by atoms with Crippen LogP contribution in [0.3, 0.4) is 0 Å². The van der Waals surface area contributed by atoms with E-state index in [-0.39, 0.29) is 54.8 Å². The topological polar surface area (TPSA) is 161 Å². The molecule has 0 rings (SSSR count). The van der Waals surface area contributed by atoms with Crippen LogP contribution in [0.4, 0.5) is 0 Å². The van der Waals surface area contributed by atoms with Crippen molar-refractivity contribution >= 4 is 23.9 Å². The number of unbranched alkanes of at least 4 members (excludes halogenated alkanes) is 4. The van der Waals surface area contributed by atoms with E-state index in [4.69, 9.17) is 0 Å². The predicted molar refractivity (Wildman–Crippen MR) is 153 cm³/mol. The second kappa shape index (κ2) is 37.0. The van der Waals surface area contributed by atoms with Crippen LogP contribution in [0.15, 0.2) is 0 Å². The summed E-state index contributed by atoms with van der Waals surface area (Å²) in [6.07, 6.45) is 14.1. The van der Waals surface area contributed by atoms with Gasteiger partial charge in [-0.15, -0.1) is 0 Å². The molecule has 0 radical (unpaired) electrons. The summed E-state index contributed by atoms with van der Waals surface area (Å²) in [4.78, 5) is 41.3. The van der Waals surface area contributed by atoms with Crippen LogP contribution in [0.5, 0.6) is 0 Å². The molecule has 0 aliphatic heterocycles. The fraction of sp³-hybridized carbons (Fsp3) is 0.875. The number of carboxylic acids is 4. The Kier molecular flexibility index (Phi) is 44.7. The van der Waals surface area contributed by atoms with E-state index in [0.717, 1.165) is 77.0 Å². The molecule has 0 aromatic rings. The predicted octanol–water partition coefficient (Wildman–Crippen LogP) is 3.81. The van der Waals surface area contributed by atoms with Crippen molar-refractivity contribution in [3.05, 3.63) is 0 Å². The zero-order valence-electron chi connectivity index (χ0n) is 27.4. The minimum Gasteiger partial charge on any atom is -0.550 e. The molecule has 4 atom stereocenters. The quantitative estimate of drug-likeness (QED) is 0.180. The second-order valence-corrected chi connectivity index (χ2v) is 10.3. The van der Waals surface area contributed by atoms with E-state index in [9.17, 15) is 39.6 Å². The van der Waals surface area contributed by atoms with Crippen molar-refractivity contribution in [3.8, 4) is 0 Å². The number of rotatable bonds is 20. The van der Waals surface area contributed by atoms with E-state index in [1.807, 2.05) is 27.7 Å². The van der Waals surface area contributed by atoms with Gasteiger partial charge in [0.1, 0.15) is 0 Å². The van der Waals surface area contributed by atoms with Gasteiger partial charge < -0.3 is 39.6 Å². The Morgan fingerprint density at radius 2 is 0.537 bits per heavy atom. The third kappa shape index (κ3) is 35.0. The Morgan fingerprint density at radius 3 is 0.610 bits per heavy atom. The van der Waals surface area contributed by atoms with Crippen LogP contribution in [-0.4, -0.2) is 23.9 Å². The van der Waals surface area contributed by atoms with E-state index >= 15 is 0 Å². The third-order valence-electron chi connectivity index (χ3n) is 6.93. The van der Waals surface area contributed by atoms with Gasteiger partial charge in [0.25, 0.3) is 0 Å². The van der Waals surface area contributed by atoms with Crippen LogP contribution >= 0.6 is 0 Å². The number of hydrogen-bond donors (Lipinski definition) is 0. The summed E-state index contributed by atoms with van der Waals surface area (Å²) >= 11 is 0. The van der Waals surface area contributed by atoms with Crippen LogP contribution < -0.4 is 20.4 Å². The van der Waals surface area contributed by atoms with E-state index in [2.05, 4.69) is 27.7 Å². The summed E-state index contributed by atoms with van der Waals surface area (Å²) in [7, 11) is 0. The van der Waals surface area contributed by atoms with Crippen molar-refractivity contribution in [2.45, 2.75) is 158 Å². The molecule has 0 aromatic heterocycles. The number of carbonyl (C=O) groups is 4. The second-order valence-electron chi connectivity index (χ2n) is 10.3. The molecule has 0 aliphatic carbocycles. The van der Waals surface area contributed by atoms with Crippen LogP contribution in [0, 0.1) is 54.8 Å².